The maximum atomic E-state index is 12.8. The van der Waals surface area contributed by atoms with Crippen LogP contribution in [-0.4, -0.2) is 45.4 Å². The number of anilines is 1. The fourth-order valence-corrected chi connectivity index (χ4v) is 3.09. The van der Waals surface area contributed by atoms with Crippen LogP contribution in [0.3, 0.4) is 0 Å². The summed E-state index contributed by atoms with van der Waals surface area (Å²) in [6.45, 7) is 2.15. The molecule has 2 aliphatic heterocycles. The third kappa shape index (κ3) is 2.95. The Bertz CT molecular complexity index is 500. The standard InChI is InChI=1S/C16H22N2O3/c1-17-13-6-4-8-18(14-7-3-2-5-12(13)14)16(19)15-11-20-9-10-21-15/h2-3,5,7,13,15,17H,4,6,8-11H2,1H3. The molecule has 1 fully saturated rings. The van der Waals surface area contributed by atoms with Gasteiger partial charge in [0, 0.05) is 18.3 Å². The minimum Gasteiger partial charge on any atom is -0.376 e. The lowest BCUT2D eigenvalue weighted by Crippen LogP contribution is -2.45. The molecule has 0 radical (unpaired) electrons. The topological polar surface area (TPSA) is 50.8 Å². The van der Waals surface area contributed by atoms with Crippen molar-refractivity contribution in [2.45, 2.75) is 25.0 Å². The quantitative estimate of drug-likeness (QED) is 0.896. The van der Waals surface area contributed by atoms with E-state index in [0.717, 1.165) is 25.1 Å². The van der Waals surface area contributed by atoms with Crippen molar-refractivity contribution in [3.8, 4) is 0 Å². The van der Waals surface area contributed by atoms with Gasteiger partial charge < -0.3 is 19.7 Å². The summed E-state index contributed by atoms with van der Waals surface area (Å²) in [5, 5.41) is 3.35. The Hall–Kier alpha value is -1.43. The fourth-order valence-electron chi connectivity index (χ4n) is 3.09. The van der Waals surface area contributed by atoms with Gasteiger partial charge in [0.15, 0.2) is 6.10 Å². The molecular weight excluding hydrogens is 268 g/mol. The van der Waals surface area contributed by atoms with Crippen molar-refractivity contribution in [2.24, 2.45) is 0 Å². The Morgan fingerprint density at radius 2 is 2.19 bits per heavy atom. The highest BCUT2D eigenvalue weighted by Gasteiger charge is 2.31. The van der Waals surface area contributed by atoms with E-state index in [2.05, 4.69) is 11.4 Å². The zero-order chi connectivity index (χ0) is 14.7. The summed E-state index contributed by atoms with van der Waals surface area (Å²) in [5.74, 6) is 0.0129. The van der Waals surface area contributed by atoms with Crippen LogP contribution in [0, 0.1) is 0 Å². The van der Waals surface area contributed by atoms with E-state index in [1.165, 1.54) is 5.56 Å². The highest BCUT2D eigenvalue weighted by atomic mass is 16.6. The molecule has 1 amide bonds. The third-order valence-corrected chi connectivity index (χ3v) is 4.18. The fraction of sp³-hybridized carbons (Fsp3) is 0.562. The number of para-hydroxylation sites is 1. The van der Waals surface area contributed by atoms with Gasteiger partial charge in [-0.3, -0.25) is 4.79 Å². The molecule has 1 aromatic rings. The largest absolute Gasteiger partial charge is 0.376 e. The molecule has 2 atom stereocenters. The molecule has 0 spiro atoms. The van der Waals surface area contributed by atoms with Crippen LogP contribution in [0.5, 0.6) is 0 Å². The maximum Gasteiger partial charge on any atom is 0.258 e. The molecule has 0 aliphatic carbocycles. The minimum atomic E-state index is -0.474. The molecule has 1 N–H and O–H groups in total. The number of ether oxygens (including phenoxy) is 2. The smallest absolute Gasteiger partial charge is 0.258 e. The van der Waals surface area contributed by atoms with Gasteiger partial charge in [-0.15, -0.1) is 0 Å². The number of rotatable bonds is 2. The highest BCUT2D eigenvalue weighted by molar-refractivity contribution is 5.97. The summed E-state index contributed by atoms with van der Waals surface area (Å²) in [4.78, 5) is 14.6. The lowest BCUT2D eigenvalue weighted by Gasteiger charge is -2.29. The molecule has 21 heavy (non-hydrogen) atoms. The summed E-state index contributed by atoms with van der Waals surface area (Å²) in [5.41, 5.74) is 2.18. The number of hydrogen-bond donors (Lipinski definition) is 1. The average Bonchev–Trinajstić information content (AvgIpc) is 2.74. The SMILES string of the molecule is CNC1CCCN(C(=O)C2COCCO2)c2ccccc21. The van der Waals surface area contributed by atoms with E-state index in [1.807, 2.05) is 30.1 Å². The van der Waals surface area contributed by atoms with Gasteiger partial charge in [-0.05, 0) is 31.5 Å². The molecule has 0 bridgehead atoms. The third-order valence-electron chi connectivity index (χ3n) is 4.18. The summed E-state index contributed by atoms with van der Waals surface area (Å²) < 4.78 is 10.9. The van der Waals surface area contributed by atoms with Crippen LogP contribution in [-0.2, 0) is 14.3 Å². The lowest BCUT2D eigenvalue weighted by atomic mass is 10.0. The molecule has 0 aromatic heterocycles. The van der Waals surface area contributed by atoms with Crippen LogP contribution >= 0.6 is 0 Å². The first kappa shape index (κ1) is 14.5. The molecule has 2 heterocycles. The Morgan fingerprint density at radius 3 is 2.95 bits per heavy atom. The minimum absolute atomic E-state index is 0.0129. The lowest BCUT2D eigenvalue weighted by molar-refractivity contribution is -0.144. The molecule has 0 saturated carbocycles. The van der Waals surface area contributed by atoms with Gasteiger partial charge in [0.1, 0.15) is 0 Å². The molecule has 1 saturated heterocycles. The van der Waals surface area contributed by atoms with E-state index in [-0.39, 0.29) is 5.91 Å². The molecule has 5 nitrogen and oxygen atoms in total. The Morgan fingerprint density at radius 1 is 1.33 bits per heavy atom. The first-order chi connectivity index (χ1) is 10.3. The van der Waals surface area contributed by atoms with Crippen molar-refractivity contribution in [2.75, 3.05) is 38.3 Å². The second kappa shape index (κ2) is 6.56. The van der Waals surface area contributed by atoms with Crippen molar-refractivity contribution in [3.05, 3.63) is 29.8 Å². The number of amides is 1. The van der Waals surface area contributed by atoms with Gasteiger partial charge in [0.2, 0.25) is 0 Å². The van der Waals surface area contributed by atoms with Crippen LogP contribution in [0.4, 0.5) is 5.69 Å². The van der Waals surface area contributed by atoms with Crippen LogP contribution in [0.25, 0.3) is 0 Å². The second-order valence-electron chi connectivity index (χ2n) is 5.47. The van der Waals surface area contributed by atoms with E-state index >= 15 is 0 Å². The molecule has 1 aromatic carbocycles. The summed E-state index contributed by atoms with van der Waals surface area (Å²) in [7, 11) is 1.97. The zero-order valence-corrected chi connectivity index (χ0v) is 12.4. The predicted molar refractivity (Wildman–Crippen MR) is 80.4 cm³/mol. The maximum absolute atomic E-state index is 12.8. The average molecular weight is 290 g/mol. The highest BCUT2D eigenvalue weighted by Crippen LogP contribution is 2.33. The van der Waals surface area contributed by atoms with Crippen molar-refractivity contribution >= 4 is 11.6 Å². The molecule has 2 unspecified atom stereocenters. The number of nitrogens with one attached hydrogen (secondary N) is 1. The van der Waals surface area contributed by atoms with Crippen molar-refractivity contribution in [1.82, 2.24) is 5.32 Å². The van der Waals surface area contributed by atoms with Crippen LogP contribution in [0.2, 0.25) is 0 Å². The number of hydrogen-bond acceptors (Lipinski definition) is 4. The van der Waals surface area contributed by atoms with Crippen LogP contribution in [0.1, 0.15) is 24.4 Å². The van der Waals surface area contributed by atoms with Crippen molar-refractivity contribution in [1.29, 1.82) is 0 Å². The Labute approximate surface area is 125 Å². The zero-order valence-electron chi connectivity index (χ0n) is 12.4. The van der Waals surface area contributed by atoms with Crippen molar-refractivity contribution in [3.63, 3.8) is 0 Å². The van der Waals surface area contributed by atoms with E-state index in [9.17, 15) is 4.79 Å². The molecule has 5 heteroatoms. The van der Waals surface area contributed by atoms with Gasteiger partial charge in [-0.25, -0.2) is 0 Å². The number of carbonyl (C=O) groups excluding carboxylic acids is 1. The molecular formula is C16H22N2O3. The Balaban J connectivity index is 1.89. The van der Waals surface area contributed by atoms with Gasteiger partial charge >= 0.3 is 0 Å². The first-order valence-corrected chi connectivity index (χ1v) is 7.58. The van der Waals surface area contributed by atoms with E-state index in [0.29, 0.717) is 25.9 Å². The second-order valence-corrected chi connectivity index (χ2v) is 5.47. The Kier molecular flexibility index (Phi) is 4.53. The van der Waals surface area contributed by atoms with Gasteiger partial charge in [-0.2, -0.15) is 0 Å². The number of carbonyl (C=O) groups is 1. The molecule has 3 rings (SSSR count). The van der Waals surface area contributed by atoms with Gasteiger partial charge in [-0.1, -0.05) is 18.2 Å². The van der Waals surface area contributed by atoms with Gasteiger partial charge in [0.25, 0.3) is 5.91 Å². The van der Waals surface area contributed by atoms with E-state index in [4.69, 9.17) is 9.47 Å². The van der Waals surface area contributed by atoms with E-state index in [1.54, 1.807) is 0 Å². The monoisotopic (exact) mass is 290 g/mol. The summed E-state index contributed by atoms with van der Waals surface area (Å²) in [6, 6.07) is 8.42. The molecule has 2 aliphatic rings. The normalized spacial score (nSPS) is 26.0. The number of fused-ring (bicyclic) bond motifs is 1. The first-order valence-electron chi connectivity index (χ1n) is 7.58. The van der Waals surface area contributed by atoms with Gasteiger partial charge in [0.05, 0.1) is 19.8 Å². The van der Waals surface area contributed by atoms with E-state index < -0.39 is 6.10 Å². The predicted octanol–water partition coefficient (Wildman–Crippen LogP) is 1.49. The summed E-state index contributed by atoms with van der Waals surface area (Å²) in [6.07, 6.45) is 1.52. The van der Waals surface area contributed by atoms with Crippen LogP contribution < -0.4 is 10.2 Å². The van der Waals surface area contributed by atoms with Crippen LogP contribution in [0.15, 0.2) is 24.3 Å². The number of nitrogens with zero attached hydrogens (tertiary/aromatic N) is 1. The molecule has 114 valence electrons. The number of benzene rings is 1. The van der Waals surface area contributed by atoms with Crippen molar-refractivity contribution < 1.29 is 14.3 Å². The summed E-state index contributed by atoms with van der Waals surface area (Å²) >= 11 is 0.